The Morgan fingerprint density at radius 2 is 1.82 bits per heavy atom. The maximum atomic E-state index is 5.84. The van der Waals surface area contributed by atoms with Crippen molar-refractivity contribution < 1.29 is 4.74 Å². The summed E-state index contributed by atoms with van der Waals surface area (Å²) in [5.74, 6) is 6.15. The van der Waals surface area contributed by atoms with Crippen LogP contribution in [0.4, 0.5) is 0 Å². The van der Waals surface area contributed by atoms with E-state index in [1.54, 1.807) is 0 Å². The number of ether oxygens (including phenoxy) is 1. The molecule has 0 atom stereocenters. The first-order valence-corrected chi connectivity index (χ1v) is 6.25. The third-order valence-corrected chi connectivity index (χ3v) is 3.12. The summed E-state index contributed by atoms with van der Waals surface area (Å²) in [4.78, 5) is 0. The molecule has 1 aliphatic rings. The Kier molecular flexibility index (Phi) is 4.61. The highest BCUT2D eigenvalue weighted by Gasteiger charge is 2.18. The Morgan fingerprint density at radius 1 is 1.12 bits per heavy atom. The van der Waals surface area contributed by atoms with Gasteiger partial charge in [0.1, 0.15) is 6.61 Å². The molecular weight excluding hydrogens is 210 g/mol. The zero-order valence-corrected chi connectivity index (χ0v) is 10.1. The molecule has 1 saturated carbocycles. The van der Waals surface area contributed by atoms with E-state index in [4.69, 9.17) is 10.5 Å². The van der Waals surface area contributed by atoms with Crippen LogP contribution in [0, 0.1) is 11.8 Å². The minimum absolute atomic E-state index is 0.361. The molecule has 0 aliphatic heterocycles. The maximum absolute atomic E-state index is 5.84. The largest absolute Gasteiger partial charge is 0.366 e. The van der Waals surface area contributed by atoms with Crippen LogP contribution in [0.1, 0.15) is 31.2 Å². The smallest absolute Gasteiger partial charge is 0.108 e. The van der Waals surface area contributed by atoms with Crippen LogP contribution in [0.2, 0.25) is 0 Å². The van der Waals surface area contributed by atoms with Gasteiger partial charge in [0, 0.05) is 11.6 Å². The Morgan fingerprint density at radius 3 is 2.53 bits per heavy atom. The third-order valence-electron chi connectivity index (χ3n) is 3.12. The zero-order chi connectivity index (χ0) is 11.9. The summed E-state index contributed by atoms with van der Waals surface area (Å²) in [6.45, 7) is 0.523. The summed E-state index contributed by atoms with van der Waals surface area (Å²) in [5, 5.41) is 0. The molecule has 1 fully saturated rings. The minimum Gasteiger partial charge on any atom is -0.366 e. The molecule has 2 nitrogen and oxygen atoms in total. The summed E-state index contributed by atoms with van der Waals surface area (Å²) >= 11 is 0. The van der Waals surface area contributed by atoms with Crippen LogP contribution in [0.5, 0.6) is 0 Å². The summed E-state index contributed by atoms with van der Waals surface area (Å²) in [7, 11) is 0. The fraction of sp³-hybridized carbons (Fsp3) is 0.467. The lowest BCUT2D eigenvalue weighted by Crippen LogP contribution is -2.30. The Balaban J connectivity index is 1.71. The van der Waals surface area contributed by atoms with Crippen molar-refractivity contribution in [1.29, 1.82) is 0 Å². The van der Waals surface area contributed by atoms with E-state index in [1.165, 1.54) is 0 Å². The third kappa shape index (κ3) is 4.22. The first-order valence-electron chi connectivity index (χ1n) is 6.25. The quantitative estimate of drug-likeness (QED) is 0.790. The van der Waals surface area contributed by atoms with Gasteiger partial charge in [-0.25, -0.2) is 0 Å². The van der Waals surface area contributed by atoms with Crippen LogP contribution >= 0.6 is 0 Å². The van der Waals surface area contributed by atoms with Gasteiger partial charge in [-0.05, 0) is 37.8 Å². The lowest BCUT2D eigenvalue weighted by molar-refractivity contribution is 0.0458. The average Bonchev–Trinajstić information content (AvgIpc) is 2.38. The molecule has 17 heavy (non-hydrogen) atoms. The number of nitrogens with two attached hydrogens (primary N) is 1. The Hall–Kier alpha value is -1.30. The Labute approximate surface area is 103 Å². The van der Waals surface area contributed by atoms with E-state index in [0.29, 0.717) is 18.8 Å². The molecule has 1 aromatic rings. The van der Waals surface area contributed by atoms with Crippen molar-refractivity contribution in [3.63, 3.8) is 0 Å². The Bertz CT molecular complexity index is 382. The van der Waals surface area contributed by atoms with Gasteiger partial charge in [0.25, 0.3) is 0 Å². The topological polar surface area (TPSA) is 35.2 Å². The fourth-order valence-corrected chi connectivity index (χ4v) is 2.07. The molecule has 2 heteroatoms. The molecule has 90 valence electrons. The molecule has 0 unspecified atom stereocenters. The normalized spacial score (nSPS) is 23.8. The lowest BCUT2D eigenvalue weighted by atomic mass is 9.94. The van der Waals surface area contributed by atoms with Crippen LogP contribution in [0.3, 0.4) is 0 Å². The molecular formula is C15H19NO. The van der Waals surface area contributed by atoms with Gasteiger partial charge in [0.2, 0.25) is 0 Å². The van der Waals surface area contributed by atoms with E-state index in [0.717, 1.165) is 31.2 Å². The van der Waals surface area contributed by atoms with Crippen molar-refractivity contribution in [3.8, 4) is 11.8 Å². The minimum atomic E-state index is 0.361. The second kappa shape index (κ2) is 6.44. The molecule has 0 spiro atoms. The van der Waals surface area contributed by atoms with Gasteiger partial charge >= 0.3 is 0 Å². The molecule has 1 aromatic carbocycles. The van der Waals surface area contributed by atoms with E-state index < -0.39 is 0 Å². The van der Waals surface area contributed by atoms with Gasteiger partial charge in [-0.2, -0.15) is 0 Å². The molecule has 0 saturated heterocycles. The number of hydrogen-bond donors (Lipinski definition) is 1. The average molecular weight is 229 g/mol. The van der Waals surface area contributed by atoms with E-state index in [2.05, 4.69) is 11.8 Å². The molecule has 0 bridgehead atoms. The van der Waals surface area contributed by atoms with Crippen LogP contribution in [0.25, 0.3) is 0 Å². The van der Waals surface area contributed by atoms with E-state index in [-0.39, 0.29) is 0 Å². The number of rotatable bonds is 2. The molecule has 2 N–H and O–H groups in total. The summed E-state index contributed by atoms with van der Waals surface area (Å²) in [6.07, 6.45) is 4.68. The van der Waals surface area contributed by atoms with Crippen molar-refractivity contribution in [3.05, 3.63) is 35.9 Å². The number of benzene rings is 1. The van der Waals surface area contributed by atoms with Gasteiger partial charge in [-0.15, -0.1) is 0 Å². The van der Waals surface area contributed by atoms with E-state index in [1.807, 2.05) is 30.3 Å². The molecule has 2 rings (SSSR count). The van der Waals surface area contributed by atoms with Crippen LogP contribution in [-0.2, 0) is 4.74 Å². The van der Waals surface area contributed by atoms with E-state index >= 15 is 0 Å². The first-order chi connectivity index (χ1) is 8.34. The van der Waals surface area contributed by atoms with Gasteiger partial charge in [0.05, 0.1) is 6.10 Å². The summed E-state index contributed by atoms with van der Waals surface area (Å²) in [5.41, 5.74) is 6.89. The highest BCUT2D eigenvalue weighted by molar-refractivity contribution is 5.33. The monoisotopic (exact) mass is 229 g/mol. The summed E-state index contributed by atoms with van der Waals surface area (Å²) < 4.78 is 5.72. The lowest BCUT2D eigenvalue weighted by Gasteiger charge is -2.25. The second-order valence-electron chi connectivity index (χ2n) is 4.52. The molecule has 0 amide bonds. The molecule has 0 heterocycles. The predicted octanol–water partition coefficient (Wildman–Crippen LogP) is 2.32. The van der Waals surface area contributed by atoms with Crippen molar-refractivity contribution in [2.75, 3.05) is 6.61 Å². The zero-order valence-electron chi connectivity index (χ0n) is 10.1. The van der Waals surface area contributed by atoms with Gasteiger partial charge < -0.3 is 10.5 Å². The first kappa shape index (κ1) is 12.2. The molecule has 0 radical (unpaired) electrons. The van der Waals surface area contributed by atoms with Crippen LogP contribution in [-0.4, -0.2) is 18.8 Å². The van der Waals surface area contributed by atoms with Gasteiger partial charge in [-0.1, -0.05) is 30.0 Å². The predicted molar refractivity (Wildman–Crippen MR) is 69.5 cm³/mol. The fourth-order valence-electron chi connectivity index (χ4n) is 2.07. The van der Waals surface area contributed by atoms with E-state index in [9.17, 15) is 0 Å². The molecule has 1 aliphatic carbocycles. The van der Waals surface area contributed by atoms with Crippen molar-refractivity contribution >= 4 is 0 Å². The SMILES string of the molecule is NC1CCC(OCC#Cc2ccccc2)CC1. The van der Waals surface area contributed by atoms with Gasteiger partial charge in [-0.3, -0.25) is 0 Å². The standard InChI is InChI=1S/C15H19NO/c16-14-8-10-15(11-9-14)17-12-4-7-13-5-2-1-3-6-13/h1-3,5-6,14-15H,8-12,16H2. The van der Waals surface area contributed by atoms with Crippen LogP contribution < -0.4 is 5.73 Å². The highest BCUT2D eigenvalue weighted by atomic mass is 16.5. The van der Waals surface area contributed by atoms with Crippen molar-refractivity contribution in [2.45, 2.75) is 37.8 Å². The molecule has 0 aromatic heterocycles. The second-order valence-corrected chi connectivity index (χ2v) is 4.52. The van der Waals surface area contributed by atoms with Crippen molar-refractivity contribution in [2.24, 2.45) is 5.73 Å². The number of hydrogen-bond acceptors (Lipinski definition) is 2. The van der Waals surface area contributed by atoms with Gasteiger partial charge in [0.15, 0.2) is 0 Å². The van der Waals surface area contributed by atoms with Crippen molar-refractivity contribution in [1.82, 2.24) is 0 Å². The highest BCUT2D eigenvalue weighted by Crippen LogP contribution is 2.19. The van der Waals surface area contributed by atoms with Crippen LogP contribution in [0.15, 0.2) is 30.3 Å². The maximum Gasteiger partial charge on any atom is 0.108 e. The summed E-state index contributed by atoms with van der Waals surface area (Å²) in [6, 6.07) is 10.4.